The summed E-state index contributed by atoms with van der Waals surface area (Å²) >= 11 is 0. The molecule has 0 saturated carbocycles. The smallest absolute Gasteiger partial charge is 0.305 e. The van der Waals surface area contributed by atoms with E-state index < -0.39 is 42.3 Å². The lowest BCUT2D eigenvalue weighted by Gasteiger charge is -2.44. The van der Waals surface area contributed by atoms with E-state index >= 15 is 0 Å². The van der Waals surface area contributed by atoms with Crippen molar-refractivity contribution in [2.75, 3.05) is 20.8 Å². The van der Waals surface area contributed by atoms with E-state index in [2.05, 4.69) is 0 Å². The number of hydrogen-bond acceptors (Lipinski definition) is 7. The number of methoxy groups -OCH3 is 2. The van der Waals surface area contributed by atoms with Crippen molar-refractivity contribution < 1.29 is 33.6 Å². The second-order valence-electron chi connectivity index (χ2n) is 8.86. The lowest BCUT2D eigenvalue weighted by molar-refractivity contribution is -0.303. The van der Waals surface area contributed by atoms with Crippen LogP contribution in [0.1, 0.15) is 30.0 Å². The highest BCUT2D eigenvalue weighted by molar-refractivity contribution is 5.69. The van der Waals surface area contributed by atoms with Crippen LogP contribution in [-0.2, 0) is 34.1 Å². The van der Waals surface area contributed by atoms with Crippen LogP contribution in [0.25, 0.3) is 0 Å². The molecule has 0 aromatic heterocycles. The SMILES string of the molecule is CCC(=O)O[C@H]1[C@H](OC)[C@@H](OC)[C@@H](O)O[C@@H]1COC(c1ccccc1)(c1ccccc1)c1ccccc1. The third kappa shape index (κ3) is 5.61. The zero-order chi connectivity index (χ0) is 26.3. The third-order valence-electron chi connectivity index (χ3n) is 6.71. The highest BCUT2D eigenvalue weighted by Gasteiger charge is 2.49. The van der Waals surface area contributed by atoms with Crippen molar-refractivity contribution in [2.45, 2.75) is 49.7 Å². The number of ether oxygens (including phenoxy) is 5. The maximum Gasteiger partial charge on any atom is 0.305 e. The molecule has 1 aliphatic rings. The molecular formula is C30H34O7. The minimum Gasteiger partial charge on any atom is -0.457 e. The zero-order valence-electron chi connectivity index (χ0n) is 21.4. The number of hydrogen-bond donors (Lipinski definition) is 1. The second-order valence-corrected chi connectivity index (χ2v) is 8.86. The summed E-state index contributed by atoms with van der Waals surface area (Å²) in [6, 6.07) is 29.8. The van der Waals surface area contributed by atoms with E-state index in [1.54, 1.807) is 6.92 Å². The van der Waals surface area contributed by atoms with Gasteiger partial charge in [0.2, 0.25) is 0 Å². The van der Waals surface area contributed by atoms with Gasteiger partial charge < -0.3 is 28.8 Å². The van der Waals surface area contributed by atoms with Crippen LogP contribution in [-0.4, -0.2) is 62.6 Å². The summed E-state index contributed by atoms with van der Waals surface area (Å²) in [6.07, 6.45) is -4.37. The average molecular weight is 507 g/mol. The molecule has 1 heterocycles. The predicted octanol–water partition coefficient (Wildman–Crippen LogP) is 4.06. The fourth-order valence-electron chi connectivity index (χ4n) is 4.90. The maximum atomic E-state index is 12.4. The molecule has 3 aromatic carbocycles. The van der Waals surface area contributed by atoms with Crippen molar-refractivity contribution in [3.63, 3.8) is 0 Å². The van der Waals surface area contributed by atoms with Gasteiger partial charge in [0, 0.05) is 20.6 Å². The third-order valence-corrected chi connectivity index (χ3v) is 6.71. The van der Waals surface area contributed by atoms with Crippen LogP contribution in [0.3, 0.4) is 0 Å². The van der Waals surface area contributed by atoms with E-state index in [0.717, 1.165) is 16.7 Å². The topological polar surface area (TPSA) is 83.5 Å². The van der Waals surface area contributed by atoms with Crippen LogP contribution in [0.5, 0.6) is 0 Å². The minimum absolute atomic E-state index is 0.00625. The molecule has 0 radical (unpaired) electrons. The average Bonchev–Trinajstić information content (AvgIpc) is 2.95. The van der Waals surface area contributed by atoms with Gasteiger partial charge in [-0.3, -0.25) is 4.79 Å². The zero-order valence-corrected chi connectivity index (χ0v) is 21.4. The lowest BCUT2D eigenvalue weighted by atomic mass is 9.80. The number of carbonyl (C=O) groups excluding carboxylic acids is 1. The first-order valence-corrected chi connectivity index (χ1v) is 12.4. The molecule has 1 N–H and O–H groups in total. The largest absolute Gasteiger partial charge is 0.457 e. The standard InChI is InChI=1S/C30H34O7/c1-4-25(31)37-26-24(36-29(32)28(34-3)27(26)33-2)20-35-30(21-14-8-5-9-15-21,22-16-10-6-11-17-22)23-18-12-7-13-19-23/h5-19,24,26-29,32H,4,20H2,1-3H3/t24-,26-,27+,28-,29+/m1/s1. The number of carbonyl (C=O) groups is 1. The molecular weight excluding hydrogens is 472 g/mol. The number of aliphatic hydroxyl groups excluding tert-OH is 1. The molecule has 1 aliphatic heterocycles. The molecule has 0 spiro atoms. The van der Waals surface area contributed by atoms with Gasteiger partial charge in [0.05, 0.1) is 6.61 Å². The predicted molar refractivity (Wildman–Crippen MR) is 138 cm³/mol. The molecule has 5 atom stereocenters. The first-order chi connectivity index (χ1) is 18.0. The number of aliphatic hydroxyl groups is 1. The molecule has 196 valence electrons. The Morgan fingerprint density at radius 3 is 1.65 bits per heavy atom. The highest BCUT2D eigenvalue weighted by atomic mass is 16.7. The van der Waals surface area contributed by atoms with Crippen molar-refractivity contribution in [3.8, 4) is 0 Å². The van der Waals surface area contributed by atoms with Crippen molar-refractivity contribution in [3.05, 3.63) is 108 Å². The molecule has 37 heavy (non-hydrogen) atoms. The molecule has 0 amide bonds. The Morgan fingerprint density at radius 2 is 1.24 bits per heavy atom. The summed E-state index contributed by atoms with van der Waals surface area (Å²) in [6.45, 7) is 1.71. The summed E-state index contributed by atoms with van der Waals surface area (Å²) in [5.74, 6) is -0.410. The number of rotatable bonds is 10. The van der Waals surface area contributed by atoms with Crippen molar-refractivity contribution in [1.29, 1.82) is 0 Å². The number of esters is 1. The summed E-state index contributed by atoms with van der Waals surface area (Å²) in [7, 11) is 2.94. The van der Waals surface area contributed by atoms with E-state index in [0.29, 0.717) is 0 Å². The van der Waals surface area contributed by atoms with Crippen LogP contribution in [0.2, 0.25) is 0 Å². The van der Waals surface area contributed by atoms with Crippen molar-refractivity contribution in [2.24, 2.45) is 0 Å². The van der Waals surface area contributed by atoms with Gasteiger partial charge in [-0.15, -0.1) is 0 Å². The summed E-state index contributed by atoms with van der Waals surface area (Å²) in [5, 5.41) is 10.7. The molecule has 1 fully saturated rings. The summed E-state index contributed by atoms with van der Waals surface area (Å²) in [5.41, 5.74) is 1.76. The van der Waals surface area contributed by atoms with E-state index in [-0.39, 0.29) is 13.0 Å². The summed E-state index contributed by atoms with van der Waals surface area (Å²) in [4.78, 5) is 12.4. The van der Waals surface area contributed by atoms with Gasteiger partial charge in [0.15, 0.2) is 12.4 Å². The van der Waals surface area contributed by atoms with Crippen LogP contribution in [0, 0.1) is 0 Å². The van der Waals surface area contributed by atoms with Gasteiger partial charge in [-0.1, -0.05) is 97.9 Å². The molecule has 0 aliphatic carbocycles. The van der Waals surface area contributed by atoms with Crippen LogP contribution in [0.15, 0.2) is 91.0 Å². The van der Waals surface area contributed by atoms with Gasteiger partial charge in [0.25, 0.3) is 0 Å². The Balaban J connectivity index is 1.78. The second kappa shape index (κ2) is 12.4. The van der Waals surface area contributed by atoms with Crippen LogP contribution in [0.4, 0.5) is 0 Å². The molecule has 3 aromatic rings. The Bertz CT molecular complexity index is 1010. The molecule has 1 saturated heterocycles. The Kier molecular flexibility index (Phi) is 9.08. The van der Waals surface area contributed by atoms with E-state index in [1.807, 2.05) is 91.0 Å². The van der Waals surface area contributed by atoms with Gasteiger partial charge in [-0.05, 0) is 16.7 Å². The Morgan fingerprint density at radius 1 is 0.784 bits per heavy atom. The van der Waals surface area contributed by atoms with E-state index in [1.165, 1.54) is 14.2 Å². The minimum atomic E-state index is -1.29. The van der Waals surface area contributed by atoms with Crippen molar-refractivity contribution >= 4 is 5.97 Å². The van der Waals surface area contributed by atoms with Gasteiger partial charge in [0.1, 0.15) is 23.9 Å². The molecule has 0 unspecified atom stereocenters. The van der Waals surface area contributed by atoms with E-state index in [4.69, 9.17) is 23.7 Å². The number of benzene rings is 3. The fourth-order valence-corrected chi connectivity index (χ4v) is 4.90. The first-order valence-electron chi connectivity index (χ1n) is 12.4. The Labute approximate surface area is 217 Å². The molecule has 0 bridgehead atoms. The highest BCUT2D eigenvalue weighted by Crippen LogP contribution is 2.41. The molecule has 7 heteroatoms. The maximum absolute atomic E-state index is 12.4. The molecule has 4 rings (SSSR count). The van der Waals surface area contributed by atoms with Crippen molar-refractivity contribution in [1.82, 2.24) is 0 Å². The fraction of sp³-hybridized carbons (Fsp3) is 0.367. The molecule has 7 nitrogen and oxygen atoms in total. The van der Waals surface area contributed by atoms with Gasteiger partial charge >= 0.3 is 5.97 Å². The first kappa shape index (κ1) is 27.0. The van der Waals surface area contributed by atoms with Gasteiger partial charge in [-0.2, -0.15) is 0 Å². The monoisotopic (exact) mass is 506 g/mol. The van der Waals surface area contributed by atoms with Crippen LogP contribution < -0.4 is 0 Å². The van der Waals surface area contributed by atoms with E-state index in [9.17, 15) is 9.90 Å². The van der Waals surface area contributed by atoms with Crippen LogP contribution >= 0.6 is 0 Å². The Hall–Kier alpha value is -3.07. The lowest BCUT2D eigenvalue weighted by Crippen LogP contribution is -2.61. The van der Waals surface area contributed by atoms with Gasteiger partial charge in [-0.25, -0.2) is 0 Å². The quantitative estimate of drug-likeness (QED) is 0.328. The normalized spacial score (nSPS) is 23.9. The summed E-state index contributed by atoms with van der Waals surface area (Å²) < 4.78 is 29.6.